The van der Waals surface area contributed by atoms with E-state index in [1.165, 1.54) is 9.18 Å². The molecular formula is C31H41N3O4S2. The van der Waals surface area contributed by atoms with Gasteiger partial charge in [0.15, 0.2) is 0 Å². The molecule has 0 radical (unpaired) electrons. The first-order valence-corrected chi connectivity index (χ1v) is 16.1. The highest BCUT2D eigenvalue weighted by molar-refractivity contribution is 7.89. The molecule has 4 rings (SSSR count). The van der Waals surface area contributed by atoms with Crippen LogP contribution in [0.25, 0.3) is 0 Å². The van der Waals surface area contributed by atoms with Gasteiger partial charge < -0.3 is 9.64 Å². The van der Waals surface area contributed by atoms with Crippen LogP contribution in [0.1, 0.15) is 41.7 Å². The molecule has 40 heavy (non-hydrogen) atoms. The van der Waals surface area contributed by atoms with Crippen molar-refractivity contribution in [1.82, 2.24) is 14.1 Å². The molecule has 0 unspecified atom stereocenters. The van der Waals surface area contributed by atoms with E-state index in [2.05, 4.69) is 25.7 Å². The molecule has 216 valence electrons. The number of hydrogen-bond donors (Lipinski definition) is 0. The van der Waals surface area contributed by atoms with Crippen molar-refractivity contribution in [2.45, 2.75) is 51.1 Å². The van der Waals surface area contributed by atoms with Crippen molar-refractivity contribution in [3.05, 3.63) is 87.6 Å². The minimum atomic E-state index is -3.90. The summed E-state index contributed by atoms with van der Waals surface area (Å²) in [6.07, 6.45) is 0. The van der Waals surface area contributed by atoms with E-state index in [9.17, 15) is 13.2 Å². The minimum absolute atomic E-state index is 0.0909. The first kappa shape index (κ1) is 30.4. The van der Waals surface area contributed by atoms with E-state index in [4.69, 9.17) is 4.74 Å². The van der Waals surface area contributed by atoms with Crippen molar-refractivity contribution in [2.75, 3.05) is 45.9 Å². The standard InChI is InChI=1S/C31H41N3O4S2/c1-25-10-13-28(39-25)23-33(22-26-8-6-5-7-9-26)30(35)24-34(17-16-32-18-20-38-21-19-32)40(36,37)29-14-11-27(12-15-29)31(2,3)4/h5-15H,16-24H2,1-4H3. The lowest BCUT2D eigenvalue weighted by molar-refractivity contribution is -0.132. The lowest BCUT2D eigenvalue weighted by atomic mass is 9.87. The number of ether oxygens (including phenoxy) is 1. The summed E-state index contributed by atoms with van der Waals surface area (Å²) in [6.45, 7) is 12.5. The Morgan fingerprint density at radius 3 is 2.23 bits per heavy atom. The van der Waals surface area contributed by atoms with E-state index in [1.807, 2.05) is 61.5 Å². The van der Waals surface area contributed by atoms with Crippen LogP contribution in [0.3, 0.4) is 0 Å². The monoisotopic (exact) mass is 583 g/mol. The average Bonchev–Trinajstić information content (AvgIpc) is 3.35. The normalized spacial score (nSPS) is 14.9. The fourth-order valence-corrected chi connectivity index (χ4v) is 6.97. The number of thiophene rings is 1. The van der Waals surface area contributed by atoms with E-state index in [0.29, 0.717) is 32.8 Å². The number of hydrogen-bond acceptors (Lipinski definition) is 6. The summed E-state index contributed by atoms with van der Waals surface area (Å²) in [4.78, 5) is 20.3. The molecule has 0 spiro atoms. The number of amides is 1. The third-order valence-corrected chi connectivity index (χ3v) is 10.00. The topological polar surface area (TPSA) is 70.2 Å². The number of rotatable bonds is 11. The molecule has 7 nitrogen and oxygen atoms in total. The number of carbonyl (C=O) groups excluding carboxylic acids is 1. The zero-order valence-corrected chi connectivity index (χ0v) is 25.6. The molecule has 0 atom stereocenters. The SMILES string of the molecule is Cc1ccc(CN(Cc2ccccc2)C(=O)CN(CCN2CCOCC2)S(=O)(=O)c2ccc(C(C)(C)C)cc2)s1. The van der Waals surface area contributed by atoms with Gasteiger partial charge in [0.25, 0.3) is 0 Å². The fourth-order valence-electron chi connectivity index (χ4n) is 4.68. The minimum Gasteiger partial charge on any atom is -0.379 e. The summed E-state index contributed by atoms with van der Waals surface area (Å²) >= 11 is 1.65. The average molecular weight is 584 g/mol. The maximum atomic E-state index is 14.0. The van der Waals surface area contributed by atoms with Crippen molar-refractivity contribution in [2.24, 2.45) is 0 Å². The van der Waals surface area contributed by atoms with Crippen LogP contribution in [0.4, 0.5) is 0 Å². The number of aryl methyl sites for hydroxylation is 1. The molecular weight excluding hydrogens is 542 g/mol. The number of benzene rings is 2. The quantitative estimate of drug-likeness (QED) is 0.321. The molecule has 1 saturated heterocycles. The Morgan fingerprint density at radius 1 is 0.950 bits per heavy atom. The molecule has 1 aliphatic rings. The number of sulfonamides is 1. The Labute approximate surface area is 243 Å². The summed E-state index contributed by atoms with van der Waals surface area (Å²) in [7, 11) is -3.90. The predicted molar refractivity (Wildman–Crippen MR) is 161 cm³/mol. The van der Waals surface area contributed by atoms with Gasteiger partial charge in [-0.05, 0) is 47.7 Å². The maximum absolute atomic E-state index is 14.0. The molecule has 1 amide bonds. The molecule has 3 aromatic rings. The van der Waals surface area contributed by atoms with Crippen molar-refractivity contribution in [3.8, 4) is 0 Å². The van der Waals surface area contributed by atoms with Gasteiger partial charge in [-0.15, -0.1) is 11.3 Å². The zero-order chi connectivity index (χ0) is 28.8. The first-order valence-electron chi connectivity index (χ1n) is 13.8. The Morgan fingerprint density at radius 2 is 1.62 bits per heavy atom. The van der Waals surface area contributed by atoms with Gasteiger partial charge in [0.05, 0.1) is 31.2 Å². The van der Waals surface area contributed by atoms with E-state index in [-0.39, 0.29) is 29.3 Å². The molecule has 1 fully saturated rings. The molecule has 0 aliphatic carbocycles. The van der Waals surface area contributed by atoms with Crippen LogP contribution in [0.2, 0.25) is 0 Å². The Bertz CT molecular complexity index is 1340. The lowest BCUT2D eigenvalue weighted by Gasteiger charge is -2.31. The number of nitrogens with zero attached hydrogens (tertiary/aromatic N) is 3. The molecule has 2 aromatic carbocycles. The fraction of sp³-hybridized carbons (Fsp3) is 0.452. The third-order valence-electron chi connectivity index (χ3n) is 7.15. The van der Waals surface area contributed by atoms with Gasteiger partial charge in [0.1, 0.15) is 0 Å². The van der Waals surface area contributed by atoms with Crippen molar-refractivity contribution in [1.29, 1.82) is 0 Å². The Kier molecular flexibility index (Phi) is 10.2. The maximum Gasteiger partial charge on any atom is 0.243 e. The zero-order valence-electron chi connectivity index (χ0n) is 24.0. The van der Waals surface area contributed by atoms with Crippen molar-refractivity contribution >= 4 is 27.3 Å². The van der Waals surface area contributed by atoms with Gasteiger partial charge in [-0.25, -0.2) is 8.42 Å². The van der Waals surface area contributed by atoms with E-state index in [1.54, 1.807) is 28.4 Å². The highest BCUT2D eigenvalue weighted by Gasteiger charge is 2.30. The third kappa shape index (κ3) is 8.24. The summed E-state index contributed by atoms with van der Waals surface area (Å²) < 4.78 is 34.7. The van der Waals surface area contributed by atoms with Gasteiger partial charge in [0, 0.05) is 42.5 Å². The Balaban J connectivity index is 1.59. The van der Waals surface area contributed by atoms with Crippen LogP contribution in [-0.2, 0) is 38.1 Å². The summed E-state index contributed by atoms with van der Waals surface area (Å²) in [5.74, 6) is -0.216. The summed E-state index contributed by atoms with van der Waals surface area (Å²) in [5, 5.41) is 0. The molecule has 1 aromatic heterocycles. The van der Waals surface area contributed by atoms with Crippen LogP contribution < -0.4 is 0 Å². The van der Waals surface area contributed by atoms with Crippen LogP contribution >= 0.6 is 11.3 Å². The Hall–Kier alpha value is -2.56. The smallest absolute Gasteiger partial charge is 0.243 e. The summed E-state index contributed by atoms with van der Waals surface area (Å²) in [5.41, 5.74) is 1.97. The van der Waals surface area contributed by atoms with Crippen LogP contribution in [0, 0.1) is 6.92 Å². The van der Waals surface area contributed by atoms with Gasteiger partial charge in [-0.3, -0.25) is 9.69 Å². The molecule has 0 bridgehead atoms. The molecule has 2 heterocycles. The van der Waals surface area contributed by atoms with Crippen molar-refractivity contribution in [3.63, 3.8) is 0 Å². The second kappa shape index (κ2) is 13.4. The number of morpholine rings is 1. The van der Waals surface area contributed by atoms with Gasteiger partial charge >= 0.3 is 0 Å². The highest BCUT2D eigenvalue weighted by Crippen LogP contribution is 2.25. The lowest BCUT2D eigenvalue weighted by Crippen LogP contribution is -2.47. The van der Waals surface area contributed by atoms with E-state index < -0.39 is 10.0 Å². The molecule has 0 N–H and O–H groups in total. The molecule has 1 aliphatic heterocycles. The second-order valence-corrected chi connectivity index (χ2v) is 14.6. The van der Waals surface area contributed by atoms with Crippen LogP contribution in [0.5, 0.6) is 0 Å². The van der Waals surface area contributed by atoms with Crippen LogP contribution in [-0.4, -0.2) is 74.4 Å². The van der Waals surface area contributed by atoms with Gasteiger partial charge in [-0.1, -0.05) is 63.2 Å². The van der Waals surface area contributed by atoms with E-state index in [0.717, 1.165) is 29.1 Å². The largest absolute Gasteiger partial charge is 0.379 e. The van der Waals surface area contributed by atoms with Crippen molar-refractivity contribution < 1.29 is 17.9 Å². The predicted octanol–water partition coefficient (Wildman–Crippen LogP) is 4.91. The first-order chi connectivity index (χ1) is 19.0. The van der Waals surface area contributed by atoms with Crippen LogP contribution in [0.15, 0.2) is 71.6 Å². The molecule has 0 saturated carbocycles. The molecule has 9 heteroatoms. The number of carbonyl (C=O) groups is 1. The van der Waals surface area contributed by atoms with Gasteiger partial charge in [0.2, 0.25) is 15.9 Å². The van der Waals surface area contributed by atoms with Gasteiger partial charge in [-0.2, -0.15) is 4.31 Å². The summed E-state index contributed by atoms with van der Waals surface area (Å²) in [6, 6.07) is 21.0. The van der Waals surface area contributed by atoms with E-state index >= 15 is 0 Å². The second-order valence-electron chi connectivity index (χ2n) is 11.3. The highest BCUT2D eigenvalue weighted by atomic mass is 32.2.